The van der Waals surface area contributed by atoms with Crippen molar-refractivity contribution >= 4 is 5.91 Å². The largest absolute Gasteiger partial charge is 0.337 e. The Morgan fingerprint density at radius 3 is 2.65 bits per heavy atom. The topological polar surface area (TPSA) is 58.4 Å². The molecule has 0 aliphatic carbocycles. The van der Waals surface area contributed by atoms with Crippen molar-refractivity contribution in [2.75, 3.05) is 26.7 Å². The molecule has 0 radical (unpaired) electrons. The van der Waals surface area contributed by atoms with Gasteiger partial charge in [0.05, 0.1) is 6.54 Å². The normalized spacial score (nSPS) is 10.2. The monoisotopic (exact) mass is 235 g/mol. The first-order chi connectivity index (χ1) is 8.27. The van der Waals surface area contributed by atoms with Crippen molar-refractivity contribution in [1.82, 2.24) is 10.2 Å². The summed E-state index contributed by atoms with van der Waals surface area (Å²) >= 11 is 0. The Kier molecular flexibility index (Phi) is 6.29. The Bertz CT molecular complexity index is 327. The Hall–Kier alpha value is -1.39. The number of nitrogens with zero attached hydrogens (tertiary/aromatic N) is 1. The van der Waals surface area contributed by atoms with Crippen LogP contribution in [0.5, 0.6) is 0 Å². The zero-order chi connectivity index (χ0) is 12.5. The quantitative estimate of drug-likeness (QED) is 0.727. The van der Waals surface area contributed by atoms with Crippen LogP contribution in [0.2, 0.25) is 0 Å². The molecule has 0 fully saturated rings. The Labute approximate surface area is 103 Å². The summed E-state index contributed by atoms with van der Waals surface area (Å²) in [5.74, 6) is 0.116. The number of benzene rings is 1. The molecule has 0 heterocycles. The van der Waals surface area contributed by atoms with Crippen LogP contribution >= 0.6 is 0 Å². The van der Waals surface area contributed by atoms with Crippen molar-refractivity contribution in [3.63, 3.8) is 0 Å². The summed E-state index contributed by atoms with van der Waals surface area (Å²) in [6.07, 6.45) is 0.836. The summed E-state index contributed by atoms with van der Waals surface area (Å²) < 4.78 is 0. The molecule has 1 aromatic rings. The highest BCUT2D eigenvalue weighted by molar-refractivity contribution is 5.78. The van der Waals surface area contributed by atoms with E-state index >= 15 is 0 Å². The van der Waals surface area contributed by atoms with E-state index in [9.17, 15) is 4.79 Å². The maximum Gasteiger partial charge on any atom is 0.236 e. The Morgan fingerprint density at radius 1 is 1.35 bits per heavy atom. The molecule has 0 spiro atoms. The summed E-state index contributed by atoms with van der Waals surface area (Å²) in [6.45, 7) is 2.35. The van der Waals surface area contributed by atoms with Gasteiger partial charge in [0.15, 0.2) is 0 Å². The second kappa shape index (κ2) is 7.81. The Morgan fingerprint density at radius 2 is 2.06 bits per heavy atom. The summed E-state index contributed by atoms with van der Waals surface area (Å²) in [7, 11) is 1.78. The molecule has 94 valence electrons. The van der Waals surface area contributed by atoms with E-state index in [1.54, 1.807) is 7.05 Å². The van der Waals surface area contributed by atoms with Gasteiger partial charge in [-0.1, -0.05) is 30.3 Å². The number of hydrogen-bond donors (Lipinski definition) is 2. The van der Waals surface area contributed by atoms with Gasteiger partial charge in [-0.15, -0.1) is 0 Å². The van der Waals surface area contributed by atoms with Gasteiger partial charge in [-0.05, 0) is 25.6 Å². The van der Waals surface area contributed by atoms with Crippen LogP contribution in [0.1, 0.15) is 12.0 Å². The molecule has 0 aliphatic heterocycles. The number of nitrogens with one attached hydrogen (secondary N) is 1. The van der Waals surface area contributed by atoms with Crippen molar-refractivity contribution in [3.8, 4) is 0 Å². The molecule has 0 atom stereocenters. The molecule has 0 aromatic heterocycles. The molecule has 0 saturated heterocycles. The fraction of sp³-hybridized carbons (Fsp3) is 0.462. The van der Waals surface area contributed by atoms with E-state index in [0.29, 0.717) is 26.2 Å². The lowest BCUT2D eigenvalue weighted by Gasteiger charge is -2.22. The van der Waals surface area contributed by atoms with E-state index < -0.39 is 0 Å². The maximum atomic E-state index is 11.9. The molecule has 3 N–H and O–H groups in total. The van der Waals surface area contributed by atoms with Crippen LogP contribution in [0, 0.1) is 0 Å². The molecular weight excluding hydrogens is 214 g/mol. The molecule has 0 aliphatic rings. The number of carbonyl (C=O) groups is 1. The van der Waals surface area contributed by atoms with Crippen molar-refractivity contribution in [3.05, 3.63) is 35.9 Å². The first kappa shape index (κ1) is 13.7. The number of amides is 1. The van der Waals surface area contributed by atoms with Crippen LogP contribution in [-0.2, 0) is 11.3 Å². The first-order valence-corrected chi connectivity index (χ1v) is 5.94. The van der Waals surface area contributed by atoms with E-state index in [1.807, 2.05) is 35.2 Å². The van der Waals surface area contributed by atoms with Crippen molar-refractivity contribution in [2.24, 2.45) is 5.73 Å². The van der Waals surface area contributed by atoms with Gasteiger partial charge in [0.1, 0.15) is 0 Å². The SMILES string of the molecule is CNCC(=O)N(CCCN)Cc1ccccc1. The number of likely N-dealkylation sites (N-methyl/N-ethyl adjacent to an activating group) is 1. The lowest BCUT2D eigenvalue weighted by Crippen LogP contribution is -2.37. The average molecular weight is 235 g/mol. The maximum absolute atomic E-state index is 11.9. The molecular formula is C13H21N3O. The summed E-state index contributed by atoms with van der Waals surface area (Å²) in [5.41, 5.74) is 6.64. The minimum Gasteiger partial charge on any atom is -0.337 e. The third kappa shape index (κ3) is 4.97. The van der Waals surface area contributed by atoms with Crippen molar-refractivity contribution < 1.29 is 4.79 Å². The third-order valence-electron chi connectivity index (χ3n) is 2.53. The fourth-order valence-corrected chi connectivity index (χ4v) is 1.64. The fourth-order valence-electron chi connectivity index (χ4n) is 1.64. The highest BCUT2D eigenvalue weighted by Crippen LogP contribution is 2.05. The number of carbonyl (C=O) groups excluding carboxylic acids is 1. The molecule has 1 amide bonds. The van der Waals surface area contributed by atoms with E-state index in [2.05, 4.69) is 5.32 Å². The highest BCUT2D eigenvalue weighted by atomic mass is 16.2. The van der Waals surface area contributed by atoms with Crippen LogP contribution in [-0.4, -0.2) is 37.5 Å². The second-order valence-electron chi connectivity index (χ2n) is 3.97. The van der Waals surface area contributed by atoms with Crippen LogP contribution in [0.15, 0.2) is 30.3 Å². The lowest BCUT2D eigenvalue weighted by atomic mass is 10.2. The van der Waals surface area contributed by atoms with Gasteiger partial charge in [0.2, 0.25) is 5.91 Å². The predicted molar refractivity (Wildman–Crippen MR) is 69.5 cm³/mol. The van der Waals surface area contributed by atoms with Crippen LogP contribution < -0.4 is 11.1 Å². The average Bonchev–Trinajstić information content (AvgIpc) is 2.36. The van der Waals surface area contributed by atoms with Crippen LogP contribution in [0.25, 0.3) is 0 Å². The summed E-state index contributed by atoms with van der Waals surface area (Å²) in [6, 6.07) is 10.0. The first-order valence-electron chi connectivity index (χ1n) is 5.94. The van der Waals surface area contributed by atoms with Crippen molar-refractivity contribution in [2.45, 2.75) is 13.0 Å². The smallest absolute Gasteiger partial charge is 0.236 e. The highest BCUT2D eigenvalue weighted by Gasteiger charge is 2.12. The molecule has 17 heavy (non-hydrogen) atoms. The van der Waals surface area contributed by atoms with Gasteiger partial charge in [-0.25, -0.2) is 0 Å². The molecule has 4 nitrogen and oxygen atoms in total. The van der Waals surface area contributed by atoms with E-state index in [4.69, 9.17) is 5.73 Å². The molecule has 4 heteroatoms. The van der Waals surface area contributed by atoms with Crippen LogP contribution in [0.3, 0.4) is 0 Å². The van der Waals surface area contributed by atoms with E-state index in [0.717, 1.165) is 12.0 Å². The van der Waals surface area contributed by atoms with Gasteiger partial charge in [0.25, 0.3) is 0 Å². The van der Waals surface area contributed by atoms with Crippen LogP contribution in [0.4, 0.5) is 0 Å². The van der Waals surface area contributed by atoms with Gasteiger partial charge in [0, 0.05) is 13.1 Å². The minimum absolute atomic E-state index is 0.116. The van der Waals surface area contributed by atoms with Gasteiger partial charge in [-0.3, -0.25) is 4.79 Å². The standard InChI is InChI=1S/C13H21N3O/c1-15-10-13(17)16(9-5-8-14)11-12-6-3-2-4-7-12/h2-4,6-7,15H,5,8-11,14H2,1H3. The molecule has 0 bridgehead atoms. The number of rotatable bonds is 7. The second-order valence-corrected chi connectivity index (χ2v) is 3.97. The zero-order valence-corrected chi connectivity index (χ0v) is 10.4. The molecule has 0 saturated carbocycles. The predicted octanol–water partition coefficient (Wildman–Crippen LogP) is 0.583. The van der Waals surface area contributed by atoms with Gasteiger partial charge < -0.3 is 16.0 Å². The van der Waals surface area contributed by atoms with E-state index in [-0.39, 0.29) is 5.91 Å². The Balaban J connectivity index is 2.59. The van der Waals surface area contributed by atoms with Gasteiger partial charge >= 0.3 is 0 Å². The van der Waals surface area contributed by atoms with Crippen molar-refractivity contribution in [1.29, 1.82) is 0 Å². The molecule has 0 unspecified atom stereocenters. The van der Waals surface area contributed by atoms with E-state index in [1.165, 1.54) is 0 Å². The molecule has 1 aromatic carbocycles. The number of hydrogen-bond acceptors (Lipinski definition) is 3. The van der Waals surface area contributed by atoms with Gasteiger partial charge in [-0.2, -0.15) is 0 Å². The third-order valence-corrected chi connectivity index (χ3v) is 2.53. The summed E-state index contributed by atoms with van der Waals surface area (Å²) in [4.78, 5) is 13.7. The lowest BCUT2D eigenvalue weighted by molar-refractivity contribution is -0.130. The zero-order valence-electron chi connectivity index (χ0n) is 10.4. The minimum atomic E-state index is 0.116. The molecule has 1 rings (SSSR count). The summed E-state index contributed by atoms with van der Waals surface area (Å²) in [5, 5.41) is 2.89. The number of nitrogens with two attached hydrogens (primary N) is 1.